The van der Waals surface area contributed by atoms with Gasteiger partial charge in [0.25, 0.3) is 0 Å². The molecule has 3 aromatic rings. The van der Waals surface area contributed by atoms with E-state index in [0.717, 1.165) is 16.5 Å². The molecule has 1 fully saturated rings. The topological polar surface area (TPSA) is 67.4 Å². The molecule has 0 unspecified atom stereocenters. The number of carbonyl (C=O) groups is 1. The van der Waals surface area contributed by atoms with Crippen LogP contribution in [-0.4, -0.2) is 46.5 Å². The molecule has 1 atom stereocenters. The Kier molecular flexibility index (Phi) is 7.32. The molecule has 0 aliphatic carbocycles. The monoisotopic (exact) mass is 521 g/mol. The highest BCUT2D eigenvalue weighted by molar-refractivity contribution is 6.36. The largest absolute Gasteiger partial charge is 0.444 e. The molecule has 0 spiro atoms. The molecule has 1 aliphatic rings. The van der Waals surface area contributed by atoms with Crippen molar-refractivity contribution in [2.24, 2.45) is 0 Å². The van der Waals surface area contributed by atoms with E-state index >= 15 is 0 Å². The lowest BCUT2D eigenvalue weighted by atomic mass is 9.73. The van der Waals surface area contributed by atoms with Gasteiger partial charge in [0.1, 0.15) is 16.6 Å². The lowest BCUT2D eigenvalue weighted by Gasteiger charge is -2.42. The molecule has 1 N–H and O–H groups in total. The molecule has 35 heavy (non-hydrogen) atoms. The summed E-state index contributed by atoms with van der Waals surface area (Å²) in [6.07, 6.45) is 0.668. The highest BCUT2D eigenvalue weighted by atomic mass is 35.5. The Hall–Kier alpha value is -2.35. The van der Waals surface area contributed by atoms with Crippen LogP contribution in [0, 0.1) is 5.82 Å². The zero-order valence-electron chi connectivity index (χ0n) is 20.3. The third kappa shape index (κ3) is 5.74. The molecule has 2 aromatic carbocycles. The van der Waals surface area contributed by atoms with Crippen molar-refractivity contribution < 1.29 is 18.7 Å². The van der Waals surface area contributed by atoms with Crippen LogP contribution < -0.4 is 0 Å². The third-order valence-electron chi connectivity index (χ3n) is 6.48. The normalized spacial score (nSPS) is 16.9. The molecule has 2 heterocycles. The maximum absolute atomic E-state index is 13.7. The number of amides is 1. The van der Waals surface area contributed by atoms with Crippen LogP contribution in [0.25, 0.3) is 10.9 Å². The molecule has 1 aliphatic heterocycles. The highest BCUT2D eigenvalue weighted by Gasteiger charge is 2.39. The molecule has 1 saturated heterocycles. The Morgan fingerprint density at radius 3 is 2.49 bits per heavy atom. The molecule has 1 aromatic heterocycles. The number of hydrogen-bond donors (Lipinski definition) is 1. The fraction of sp³-hybridized carbons (Fsp3) is 0.462. The summed E-state index contributed by atoms with van der Waals surface area (Å²) in [6, 6.07) is 10.1. The number of hydrogen-bond acceptors (Lipinski definition) is 4. The van der Waals surface area contributed by atoms with E-state index in [4.69, 9.17) is 32.7 Å². The number of aromatic amines is 1. The highest BCUT2D eigenvalue weighted by Crippen LogP contribution is 2.39. The zero-order valence-corrected chi connectivity index (χ0v) is 21.8. The average molecular weight is 522 g/mol. The number of aromatic nitrogens is 2. The first kappa shape index (κ1) is 25.7. The van der Waals surface area contributed by atoms with Gasteiger partial charge in [-0.1, -0.05) is 35.3 Å². The van der Waals surface area contributed by atoms with Crippen LogP contribution >= 0.6 is 23.2 Å². The van der Waals surface area contributed by atoms with Gasteiger partial charge in [0.2, 0.25) is 0 Å². The maximum atomic E-state index is 13.7. The van der Waals surface area contributed by atoms with Crippen LogP contribution in [-0.2, 0) is 14.9 Å². The van der Waals surface area contributed by atoms with E-state index in [9.17, 15) is 9.18 Å². The predicted octanol–water partition coefficient (Wildman–Crippen LogP) is 7.06. The summed E-state index contributed by atoms with van der Waals surface area (Å²) < 4.78 is 25.7. The van der Waals surface area contributed by atoms with E-state index in [1.807, 2.05) is 33.8 Å². The number of piperidine rings is 1. The van der Waals surface area contributed by atoms with Crippen molar-refractivity contribution in [1.82, 2.24) is 15.1 Å². The van der Waals surface area contributed by atoms with Crippen molar-refractivity contribution in [3.63, 3.8) is 0 Å². The van der Waals surface area contributed by atoms with Crippen LogP contribution in [0.1, 0.15) is 57.8 Å². The van der Waals surface area contributed by atoms with E-state index in [2.05, 4.69) is 10.2 Å². The van der Waals surface area contributed by atoms with E-state index in [1.54, 1.807) is 23.1 Å². The van der Waals surface area contributed by atoms with E-state index in [0.29, 0.717) is 48.2 Å². The molecule has 1 amide bonds. The van der Waals surface area contributed by atoms with Gasteiger partial charge in [-0.25, -0.2) is 9.18 Å². The minimum atomic E-state index is -0.557. The number of halogens is 3. The lowest BCUT2D eigenvalue weighted by Crippen LogP contribution is -2.48. The van der Waals surface area contributed by atoms with Crippen LogP contribution in [0.3, 0.4) is 0 Å². The average Bonchev–Trinajstić information content (AvgIpc) is 3.17. The number of nitrogens with one attached hydrogen (secondary N) is 1. The molecular weight excluding hydrogens is 492 g/mol. The number of likely N-dealkylation sites (tertiary alicyclic amines) is 1. The maximum Gasteiger partial charge on any atom is 0.410 e. The van der Waals surface area contributed by atoms with Crippen molar-refractivity contribution in [1.29, 1.82) is 0 Å². The first-order valence-electron chi connectivity index (χ1n) is 11.7. The van der Waals surface area contributed by atoms with E-state index in [-0.39, 0.29) is 23.4 Å². The fourth-order valence-electron chi connectivity index (χ4n) is 4.53. The van der Waals surface area contributed by atoms with Crippen LogP contribution in [0.4, 0.5) is 9.18 Å². The summed E-state index contributed by atoms with van der Waals surface area (Å²) in [5, 5.41) is 8.82. The number of carbonyl (C=O) groups excluding carboxylic acids is 1. The minimum absolute atomic E-state index is 0.291. The first-order valence-corrected chi connectivity index (χ1v) is 12.4. The second-order valence-corrected chi connectivity index (χ2v) is 11.0. The van der Waals surface area contributed by atoms with Crippen molar-refractivity contribution in [2.75, 3.05) is 19.7 Å². The molecule has 4 rings (SSSR count). The van der Waals surface area contributed by atoms with E-state index in [1.165, 1.54) is 12.1 Å². The molecule has 0 saturated carbocycles. The van der Waals surface area contributed by atoms with Crippen molar-refractivity contribution in [2.45, 2.75) is 57.7 Å². The van der Waals surface area contributed by atoms with Gasteiger partial charge in [0.05, 0.1) is 18.2 Å². The molecule has 6 nitrogen and oxygen atoms in total. The van der Waals surface area contributed by atoms with Crippen LogP contribution in [0.15, 0.2) is 36.4 Å². The SMILES string of the molecule is C[C@@H](OCC1(c2ccc(F)cc2)CCN(C(=O)OC(C)(C)C)CC1)c1cc(Cl)cc2c(Cl)[nH]nc12. The van der Waals surface area contributed by atoms with Gasteiger partial charge < -0.3 is 14.4 Å². The summed E-state index contributed by atoms with van der Waals surface area (Å²) in [5.74, 6) is -0.291. The van der Waals surface area contributed by atoms with Gasteiger partial charge in [0, 0.05) is 34.5 Å². The lowest BCUT2D eigenvalue weighted by molar-refractivity contribution is -0.00933. The van der Waals surface area contributed by atoms with Crippen LogP contribution in [0.5, 0.6) is 0 Å². The van der Waals surface area contributed by atoms with Crippen molar-refractivity contribution in [3.8, 4) is 0 Å². The zero-order chi connectivity index (χ0) is 25.4. The second-order valence-electron chi connectivity index (χ2n) is 10.1. The summed E-state index contributed by atoms with van der Waals surface area (Å²) in [7, 11) is 0. The number of rotatable bonds is 5. The van der Waals surface area contributed by atoms with Gasteiger partial charge in [-0.15, -0.1) is 0 Å². The quantitative estimate of drug-likeness (QED) is 0.390. The summed E-state index contributed by atoms with van der Waals surface area (Å²) in [4.78, 5) is 14.3. The molecular formula is C26H30Cl2FN3O3. The van der Waals surface area contributed by atoms with Gasteiger partial charge in [-0.05, 0) is 70.4 Å². The van der Waals surface area contributed by atoms with Gasteiger partial charge in [0.15, 0.2) is 0 Å². The van der Waals surface area contributed by atoms with Crippen molar-refractivity contribution >= 4 is 40.2 Å². The number of ether oxygens (including phenoxy) is 2. The molecule has 188 valence electrons. The van der Waals surface area contributed by atoms with Gasteiger partial charge >= 0.3 is 6.09 Å². The summed E-state index contributed by atoms with van der Waals surface area (Å²) in [6.45, 7) is 8.92. The molecule has 0 radical (unpaired) electrons. The number of benzene rings is 2. The number of nitrogens with zero attached hydrogens (tertiary/aromatic N) is 2. The number of fused-ring (bicyclic) bond motifs is 1. The Bertz CT molecular complexity index is 1200. The molecule has 9 heteroatoms. The third-order valence-corrected chi connectivity index (χ3v) is 6.99. The minimum Gasteiger partial charge on any atom is -0.444 e. The Morgan fingerprint density at radius 2 is 1.86 bits per heavy atom. The fourth-order valence-corrected chi connectivity index (χ4v) is 4.94. The summed E-state index contributed by atoms with van der Waals surface area (Å²) >= 11 is 12.6. The Balaban J connectivity index is 1.55. The molecule has 0 bridgehead atoms. The van der Waals surface area contributed by atoms with E-state index < -0.39 is 5.60 Å². The second kappa shape index (κ2) is 9.96. The standard InChI is InChI=1S/C26H30Cl2FN3O3/c1-16(20-13-18(27)14-21-22(20)30-31-23(21)28)34-15-26(17-5-7-19(29)8-6-17)9-11-32(12-10-26)24(33)35-25(2,3)4/h5-8,13-14,16H,9-12,15H2,1-4H3,(H,30,31)/t16-/m1/s1. The Labute approximate surface area is 214 Å². The van der Waals surface area contributed by atoms with Crippen molar-refractivity contribution in [3.05, 3.63) is 63.5 Å². The predicted molar refractivity (Wildman–Crippen MR) is 136 cm³/mol. The van der Waals surface area contributed by atoms with Gasteiger partial charge in [-0.2, -0.15) is 5.10 Å². The summed E-state index contributed by atoms with van der Waals surface area (Å²) in [5.41, 5.74) is 1.58. The smallest absolute Gasteiger partial charge is 0.410 e. The Morgan fingerprint density at radius 1 is 1.20 bits per heavy atom. The number of H-pyrrole nitrogens is 1. The van der Waals surface area contributed by atoms with Crippen LogP contribution in [0.2, 0.25) is 10.2 Å². The first-order chi connectivity index (χ1) is 16.5. The van der Waals surface area contributed by atoms with Gasteiger partial charge in [-0.3, -0.25) is 5.10 Å².